The lowest BCUT2D eigenvalue weighted by molar-refractivity contribution is -0.189. The minimum absolute atomic E-state index is 0.188. The third kappa shape index (κ3) is 16.9. The van der Waals surface area contributed by atoms with Crippen molar-refractivity contribution < 1.29 is 38.1 Å². The monoisotopic (exact) mass is 905 g/mol. The van der Waals surface area contributed by atoms with Gasteiger partial charge in [0.15, 0.2) is 0 Å². The summed E-state index contributed by atoms with van der Waals surface area (Å²) in [5.41, 5.74) is -0.500. The van der Waals surface area contributed by atoms with E-state index in [2.05, 4.69) is 69.2 Å². The van der Waals surface area contributed by atoms with E-state index in [1.165, 1.54) is 0 Å². The molecular formula is C57H92O8. The van der Waals surface area contributed by atoms with Gasteiger partial charge in [0.2, 0.25) is 0 Å². The van der Waals surface area contributed by atoms with Crippen molar-refractivity contribution in [1.29, 1.82) is 0 Å². The summed E-state index contributed by atoms with van der Waals surface area (Å²) in [5, 5.41) is 0. The normalized spacial score (nSPS) is 15.4. The molecule has 0 spiro atoms. The Balaban J connectivity index is 2.64. The first-order valence-corrected chi connectivity index (χ1v) is 25.6. The van der Waals surface area contributed by atoms with Gasteiger partial charge in [-0.15, -0.1) is 0 Å². The van der Waals surface area contributed by atoms with Crippen molar-refractivity contribution in [1.82, 2.24) is 0 Å². The molecule has 0 aliphatic carbocycles. The number of hydrogen-bond acceptors (Lipinski definition) is 8. The Morgan fingerprint density at radius 2 is 1.14 bits per heavy atom. The van der Waals surface area contributed by atoms with Gasteiger partial charge in [-0.05, 0) is 112 Å². The first kappa shape index (κ1) is 57.4. The van der Waals surface area contributed by atoms with Crippen LogP contribution in [-0.2, 0) is 33.4 Å². The average molecular weight is 905 g/mol. The van der Waals surface area contributed by atoms with Crippen LogP contribution in [0.5, 0.6) is 5.75 Å². The van der Waals surface area contributed by atoms with Gasteiger partial charge in [-0.3, -0.25) is 19.2 Å². The van der Waals surface area contributed by atoms with Gasteiger partial charge < -0.3 is 18.9 Å². The van der Waals surface area contributed by atoms with E-state index < -0.39 is 39.4 Å². The molecule has 0 amide bonds. The molecule has 2 rings (SSSR count). The van der Waals surface area contributed by atoms with E-state index >= 15 is 4.79 Å². The SMILES string of the molecule is CCCCCCC(C)(C)C(CC(CC)(CCCC)C(C)(CCC)C(C(=O)OC(C)C)C(C(=O)OC(C)C)C(C)(C)CCC)C(=O)OCCCCC(=O)Oc1ccccc1-c1ccccc1. The predicted octanol–water partition coefficient (Wildman–Crippen LogP) is 15.3. The number of ether oxygens (including phenoxy) is 4. The van der Waals surface area contributed by atoms with E-state index in [9.17, 15) is 14.4 Å². The third-order valence-corrected chi connectivity index (χ3v) is 14.3. The van der Waals surface area contributed by atoms with Crippen LogP contribution in [0, 0.1) is 39.4 Å². The van der Waals surface area contributed by atoms with Crippen LogP contribution in [0.3, 0.4) is 0 Å². The fourth-order valence-electron chi connectivity index (χ4n) is 10.7. The first-order chi connectivity index (χ1) is 30.7. The number of hydrogen-bond donors (Lipinski definition) is 0. The highest BCUT2D eigenvalue weighted by molar-refractivity contribution is 5.84. The number of unbranched alkanes of at least 4 members (excludes halogenated alkanes) is 5. The minimum Gasteiger partial charge on any atom is -0.465 e. The van der Waals surface area contributed by atoms with E-state index in [0.29, 0.717) is 37.9 Å². The largest absolute Gasteiger partial charge is 0.465 e. The predicted molar refractivity (Wildman–Crippen MR) is 266 cm³/mol. The first-order valence-electron chi connectivity index (χ1n) is 25.6. The lowest BCUT2D eigenvalue weighted by atomic mass is 9.46. The molecule has 5 unspecified atom stereocenters. The highest BCUT2D eigenvalue weighted by Gasteiger charge is 2.61. The van der Waals surface area contributed by atoms with Crippen molar-refractivity contribution in [3.63, 3.8) is 0 Å². The summed E-state index contributed by atoms with van der Waals surface area (Å²) >= 11 is 0. The topological polar surface area (TPSA) is 105 Å². The summed E-state index contributed by atoms with van der Waals surface area (Å²) in [6.45, 7) is 29.4. The standard InChI is InChI=1S/C57H92O8/c1-15-20-22-29-38-54(10,11)46(51(59)62-40-30-28-35-48(58)65-47-34-27-26-33-45(47)44-31-24-23-25-32-44)41-57(19-5,39-21-16-2)56(14,37-18-4)50(53(61)64-43(8)9)49(52(60)63-42(6)7)55(12,13)36-17-3/h23-27,31-34,42-43,46,49-50H,15-22,28-30,35-41H2,1-14H3. The van der Waals surface area contributed by atoms with Crippen LogP contribution < -0.4 is 4.74 Å². The summed E-state index contributed by atoms with van der Waals surface area (Å²) in [6.07, 6.45) is 12.6. The quantitative estimate of drug-likeness (QED) is 0.0309. The maximum absolute atomic E-state index is 15.1. The Hall–Kier alpha value is -3.68. The molecule has 8 heteroatoms. The molecule has 0 heterocycles. The molecule has 0 radical (unpaired) electrons. The van der Waals surface area contributed by atoms with E-state index in [-0.39, 0.29) is 49.1 Å². The molecule has 2 aromatic carbocycles. The van der Waals surface area contributed by atoms with E-state index in [1.807, 2.05) is 82.3 Å². The smallest absolute Gasteiger partial charge is 0.311 e. The van der Waals surface area contributed by atoms with Crippen molar-refractivity contribution in [3.05, 3.63) is 54.6 Å². The fraction of sp³-hybridized carbons (Fsp3) is 0.719. The van der Waals surface area contributed by atoms with Crippen LogP contribution >= 0.6 is 0 Å². The zero-order valence-corrected chi connectivity index (χ0v) is 43.6. The minimum atomic E-state index is -0.821. The Morgan fingerprint density at radius 3 is 1.71 bits per heavy atom. The lowest BCUT2D eigenvalue weighted by Crippen LogP contribution is -2.57. The molecule has 0 N–H and O–H groups in total. The molecular weight excluding hydrogens is 813 g/mol. The average Bonchev–Trinajstić information content (AvgIpc) is 3.24. The fourth-order valence-corrected chi connectivity index (χ4v) is 10.7. The highest BCUT2D eigenvalue weighted by atomic mass is 16.6. The van der Waals surface area contributed by atoms with Crippen LogP contribution in [0.15, 0.2) is 54.6 Å². The Morgan fingerprint density at radius 1 is 0.554 bits per heavy atom. The molecule has 0 fully saturated rings. The van der Waals surface area contributed by atoms with Crippen LogP contribution in [0.4, 0.5) is 0 Å². The number of carbonyl (C=O) groups is 4. The number of rotatable bonds is 32. The molecule has 0 saturated carbocycles. The molecule has 5 atom stereocenters. The van der Waals surface area contributed by atoms with Crippen molar-refractivity contribution in [3.8, 4) is 16.9 Å². The molecule has 0 aliphatic rings. The van der Waals surface area contributed by atoms with E-state index in [1.54, 1.807) is 0 Å². The second-order valence-corrected chi connectivity index (χ2v) is 21.1. The molecule has 0 aromatic heterocycles. The van der Waals surface area contributed by atoms with Crippen molar-refractivity contribution >= 4 is 23.9 Å². The van der Waals surface area contributed by atoms with Gasteiger partial charge in [0.05, 0.1) is 36.6 Å². The maximum atomic E-state index is 15.1. The van der Waals surface area contributed by atoms with Gasteiger partial charge in [-0.1, -0.05) is 169 Å². The zero-order valence-electron chi connectivity index (χ0n) is 43.6. The molecule has 65 heavy (non-hydrogen) atoms. The van der Waals surface area contributed by atoms with E-state index in [4.69, 9.17) is 18.9 Å². The second-order valence-electron chi connectivity index (χ2n) is 21.1. The maximum Gasteiger partial charge on any atom is 0.311 e. The van der Waals surface area contributed by atoms with Gasteiger partial charge in [0, 0.05) is 12.0 Å². The number of para-hydroxylation sites is 1. The van der Waals surface area contributed by atoms with Crippen molar-refractivity contribution in [2.45, 2.75) is 218 Å². The second kappa shape index (κ2) is 27.8. The van der Waals surface area contributed by atoms with Crippen molar-refractivity contribution in [2.75, 3.05) is 6.61 Å². The van der Waals surface area contributed by atoms with Crippen LogP contribution in [-0.4, -0.2) is 42.7 Å². The Bertz CT molecular complexity index is 1710. The summed E-state index contributed by atoms with van der Waals surface area (Å²) in [5.74, 6) is -2.83. The van der Waals surface area contributed by atoms with Gasteiger partial charge >= 0.3 is 23.9 Å². The molecule has 2 aromatic rings. The van der Waals surface area contributed by atoms with E-state index in [0.717, 1.165) is 81.8 Å². The lowest BCUT2D eigenvalue weighted by Gasteiger charge is -2.57. The molecule has 0 bridgehead atoms. The van der Waals surface area contributed by atoms with Gasteiger partial charge in [-0.2, -0.15) is 0 Å². The molecule has 0 aliphatic heterocycles. The summed E-state index contributed by atoms with van der Waals surface area (Å²) in [4.78, 5) is 57.8. The number of esters is 4. The van der Waals surface area contributed by atoms with Crippen LogP contribution in [0.1, 0.15) is 206 Å². The zero-order chi connectivity index (χ0) is 48.8. The summed E-state index contributed by atoms with van der Waals surface area (Å²) in [6, 6.07) is 17.4. The number of carbonyl (C=O) groups excluding carboxylic acids is 4. The number of benzene rings is 2. The molecule has 8 nitrogen and oxygen atoms in total. The summed E-state index contributed by atoms with van der Waals surface area (Å²) in [7, 11) is 0. The van der Waals surface area contributed by atoms with Gasteiger partial charge in [-0.25, -0.2) is 0 Å². The molecule has 368 valence electrons. The summed E-state index contributed by atoms with van der Waals surface area (Å²) < 4.78 is 24.5. The van der Waals surface area contributed by atoms with Gasteiger partial charge in [0.25, 0.3) is 0 Å². The van der Waals surface area contributed by atoms with Crippen LogP contribution in [0.25, 0.3) is 11.1 Å². The Labute approximate surface area is 396 Å². The van der Waals surface area contributed by atoms with Crippen LogP contribution in [0.2, 0.25) is 0 Å². The Kier molecular flexibility index (Phi) is 24.6. The third-order valence-electron chi connectivity index (χ3n) is 14.3. The molecule has 0 saturated heterocycles. The van der Waals surface area contributed by atoms with Gasteiger partial charge in [0.1, 0.15) is 5.75 Å². The highest BCUT2D eigenvalue weighted by Crippen LogP contribution is 2.62. The van der Waals surface area contributed by atoms with Crippen molar-refractivity contribution in [2.24, 2.45) is 39.4 Å².